The van der Waals surface area contributed by atoms with Gasteiger partial charge in [0.25, 0.3) is 5.92 Å². The normalized spacial score (nSPS) is 23.9. The maximum Gasteiger partial charge on any atom is 0.277 e. The van der Waals surface area contributed by atoms with E-state index in [1.165, 1.54) is 26.0 Å². The van der Waals surface area contributed by atoms with Crippen LogP contribution in [0.5, 0.6) is 5.75 Å². The van der Waals surface area contributed by atoms with Crippen molar-refractivity contribution in [2.24, 2.45) is 5.73 Å². The quantitative estimate of drug-likeness (QED) is 0.315. The molecule has 210 valence electrons. The van der Waals surface area contributed by atoms with Crippen LogP contribution in [0.25, 0.3) is 22.4 Å². The van der Waals surface area contributed by atoms with E-state index in [1.807, 2.05) is 0 Å². The zero-order chi connectivity index (χ0) is 28.4. The molecule has 1 saturated heterocycles. The first-order valence-corrected chi connectivity index (χ1v) is 12.6. The monoisotopic (exact) mass is 558 g/mol. The predicted molar refractivity (Wildman–Crippen MR) is 138 cm³/mol. The molecule has 3 atom stereocenters. The number of hydrogen-bond acceptors (Lipinski definition) is 9. The molecule has 1 aromatic carbocycles. The van der Waals surface area contributed by atoms with E-state index in [2.05, 4.69) is 19.9 Å². The number of aliphatic hydroxyl groups is 1. The Bertz CT molecular complexity index is 1620. The van der Waals surface area contributed by atoms with Crippen LogP contribution in [0, 0.1) is 11.6 Å². The number of alkyl halides is 2. The fourth-order valence-corrected chi connectivity index (χ4v) is 5.94. The summed E-state index contributed by atoms with van der Waals surface area (Å²) in [4.78, 5) is 18.6. The number of aliphatic hydroxyl groups excluding tert-OH is 1. The molecule has 14 heteroatoms. The van der Waals surface area contributed by atoms with E-state index in [4.69, 9.17) is 16.2 Å². The summed E-state index contributed by atoms with van der Waals surface area (Å²) in [5, 5.41) is 10.4. The fourth-order valence-electron chi connectivity index (χ4n) is 5.94. The second kappa shape index (κ2) is 9.27. The van der Waals surface area contributed by atoms with Crippen LogP contribution in [0.2, 0.25) is 0 Å². The summed E-state index contributed by atoms with van der Waals surface area (Å²) < 4.78 is 65.5. The molecule has 1 aliphatic carbocycles. The Morgan fingerprint density at radius 2 is 1.93 bits per heavy atom. The van der Waals surface area contributed by atoms with Crippen LogP contribution in [0.4, 0.5) is 29.1 Å². The predicted octanol–water partition coefficient (Wildman–Crippen LogP) is 2.87. The van der Waals surface area contributed by atoms with Crippen LogP contribution in [0.1, 0.15) is 24.8 Å². The molecule has 0 spiro atoms. The maximum atomic E-state index is 15.0. The van der Waals surface area contributed by atoms with E-state index in [1.54, 1.807) is 15.5 Å². The number of fused-ring (bicyclic) bond motifs is 2. The topological polar surface area (TPSA) is 141 Å². The van der Waals surface area contributed by atoms with Crippen molar-refractivity contribution in [1.29, 1.82) is 0 Å². The molecule has 1 saturated carbocycles. The second-order valence-electron chi connectivity index (χ2n) is 10.3. The zero-order valence-electron chi connectivity index (χ0n) is 21.4. The van der Waals surface area contributed by atoms with Crippen LogP contribution >= 0.6 is 0 Å². The number of anilines is 2. The van der Waals surface area contributed by atoms with E-state index in [9.17, 15) is 18.3 Å². The Morgan fingerprint density at radius 3 is 2.70 bits per heavy atom. The second-order valence-corrected chi connectivity index (χ2v) is 10.3. The average Bonchev–Trinajstić information content (AvgIpc) is 3.42. The van der Waals surface area contributed by atoms with Gasteiger partial charge in [-0.05, 0) is 30.5 Å². The van der Waals surface area contributed by atoms with Crippen molar-refractivity contribution >= 4 is 22.7 Å². The fraction of sp³-hybridized carbons (Fsp3) is 0.385. The minimum absolute atomic E-state index is 0.109. The number of hydrogen-bond donors (Lipinski definition) is 3. The smallest absolute Gasteiger partial charge is 0.277 e. The highest BCUT2D eigenvalue weighted by Gasteiger charge is 2.64. The first kappa shape index (κ1) is 26.2. The molecule has 1 unspecified atom stereocenters. The zero-order valence-corrected chi connectivity index (χ0v) is 21.4. The number of ether oxygens (including phenoxy) is 1. The van der Waals surface area contributed by atoms with Gasteiger partial charge in [0, 0.05) is 24.6 Å². The molecule has 40 heavy (non-hydrogen) atoms. The summed E-state index contributed by atoms with van der Waals surface area (Å²) in [6, 6.07) is 2.59. The molecule has 5 N–H and O–H groups in total. The lowest BCUT2D eigenvalue weighted by Gasteiger charge is -2.46. The van der Waals surface area contributed by atoms with Crippen LogP contribution in [0.15, 0.2) is 37.1 Å². The number of methoxy groups -OCH3 is 1. The Labute approximate surface area is 225 Å². The van der Waals surface area contributed by atoms with E-state index >= 15 is 4.39 Å². The molecular formula is C26H26F4N8O2. The third-order valence-electron chi connectivity index (χ3n) is 7.94. The number of imidazole rings is 1. The molecule has 4 heterocycles. The number of nitrogens with two attached hydrogens (primary N) is 2. The van der Waals surface area contributed by atoms with Gasteiger partial charge in [-0.1, -0.05) is 0 Å². The number of piperidine rings is 1. The van der Waals surface area contributed by atoms with Crippen molar-refractivity contribution in [3.05, 3.63) is 54.2 Å². The number of aromatic nitrogens is 5. The molecule has 3 aromatic heterocycles. The van der Waals surface area contributed by atoms with Gasteiger partial charge in [0.2, 0.25) is 0 Å². The van der Waals surface area contributed by atoms with Crippen molar-refractivity contribution in [2.75, 3.05) is 24.3 Å². The molecule has 10 nitrogen and oxygen atoms in total. The standard InChI is InChI=1S/C26H26F4N8O2/c1-40-19-7-15(27)14(6-16(19)28)17-5-13(10-37-12-36-21-22(31)34-11-35-23(21)37)18(9-33-17)38-4-2-3-25(32)20(38)8-26(29,30)24(25)39/h5-7,9,11-12,20,24,39H,2-4,8,10,32H2,1H3,(H2,31,34,35)/t20?,24-,25+/m1/s1. The van der Waals surface area contributed by atoms with Gasteiger partial charge in [0.05, 0.1) is 49.1 Å². The lowest BCUT2D eigenvalue weighted by molar-refractivity contribution is -0.104. The molecule has 0 radical (unpaired) electrons. The van der Waals surface area contributed by atoms with Gasteiger partial charge < -0.3 is 30.8 Å². The molecular weight excluding hydrogens is 532 g/mol. The first-order valence-electron chi connectivity index (χ1n) is 12.6. The number of rotatable bonds is 5. The summed E-state index contributed by atoms with van der Waals surface area (Å²) in [6.45, 7) is 0.490. The third-order valence-corrected chi connectivity index (χ3v) is 7.94. The van der Waals surface area contributed by atoms with Crippen molar-refractivity contribution in [3.63, 3.8) is 0 Å². The van der Waals surface area contributed by atoms with Crippen molar-refractivity contribution in [1.82, 2.24) is 24.5 Å². The molecule has 4 aromatic rings. The largest absolute Gasteiger partial charge is 0.494 e. The van der Waals surface area contributed by atoms with Gasteiger partial charge in [-0.2, -0.15) is 0 Å². The number of halogens is 4. The first-order chi connectivity index (χ1) is 19.0. The van der Waals surface area contributed by atoms with Crippen molar-refractivity contribution < 1.29 is 27.4 Å². The lowest BCUT2D eigenvalue weighted by Crippen LogP contribution is -2.64. The highest BCUT2D eigenvalue weighted by molar-refractivity contribution is 5.81. The molecule has 2 fully saturated rings. The van der Waals surface area contributed by atoms with E-state index in [0.29, 0.717) is 35.4 Å². The Morgan fingerprint density at radius 1 is 1.12 bits per heavy atom. The van der Waals surface area contributed by atoms with Crippen LogP contribution in [-0.4, -0.2) is 66.9 Å². The summed E-state index contributed by atoms with van der Waals surface area (Å²) in [5.74, 6) is -4.97. The molecule has 1 aliphatic heterocycles. The van der Waals surface area contributed by atoms with Gasteiger partial charge in [0.1, 0.15) is 23.8 Å². The van der Waals surface area contributed by atoms with Gasteiger partial charge in [0.15, 0.2) is 23.0 Å². The maximum absolute atomic E-state index is 15.0. The average molecular weight is 559 g/mol. The number of nitrogen functional groups attached to an aromatic ring is 1. The highest BCUT2D eigenvalue weighted by Crippen LogP contribution is 2.49. The minimum Gasteiger partial charge on any atom is -0.494 e. The van der Waals surface area contributed by atoms with Crippen molar-refractivity contribution in [3.8, 4) is 17.0 Å². The highest BCUT2D eigenvalue weighted by atomic mass is 19.3. The molecule has 2 aliphatic rings. The minimum atomic E-state index is -3.37. The summed E-state index contributed by atoms with van der Waals surface area (Å²) in [6.07, 6.45) is 2.27. The SMILES string of the molecule is COc1cc(F)c(-c2cc(Cn3cnc4c(N)ncnc43)c(N3CCC[C@]4(N)C3CC(F)(F)[C@@H]4O)cn2)cc1F. The number of pyridine rings is 1. The Hall–Kier alpha value is -4.04. The summed E-state index contributed by atoms with van der Waals surface area (Å²) in [5.41, 5.74) is 12.6. The summed E-state index contributed by atoms with van der Waals surface area (Å²) in [7, 11) is 1.23. The van der Waals surface area contributed by atoms with E-state index < -0.39 is 41.7 Å². The molecule has 6 rings (SSSR count). The van der Waals surface area contributed by atoms with Crippen LogP contribution in [-0.2, 0) is 6.54 Å². The molecule has 0 bridgehead atoms. The third kappa shape index (κ3) is 4.01. The van der Waals surface area contributed by atoms with Gasteiger partial charge in [-0.25, -0.2) is 32.5 Å². The van der Waals surface area contributed by atoms with Gasteiger partial charge in [-0.3, -0.25) is 4.98 Å². The van der Waals surface area contributed by atoms with Gasteiger partial charge >= 0.3 is 0 Å². The Balaban J connectivity index is 1.49. The lowest BCUT2D eigenvalue weighted by atomic mass is 9.82. The van der Waals surface area contributed by atoms with Crippen LogP contribution in [0.3, 0.4) is 0 Å². The van der Waals surface area contributed by atoms with E-state index in [0.717, 1.165) is 12.1 Å². The van der Waals surface area contributed by atoms with Gasteiger partial charge in [-0.15, -0.1) is 0 Å². The number of nitrogens with zero attached hydrogens (tertiary/aromatic N) is 6. The van der Waals surface area contributed by atoms with E-state index in [-0.39, 0.29) is 35.8 Å². The number of benzene rings is 1. The molecule has 0 amide bonds. The summed E-state index contributed by atoms with van der Waals surface area (Å²) >= 11 is 0. The Kier molecular flexibility index (Phi) is 6.07. The van der Waals surface area contributed by atoms with Crippen LogP contribution < -0.4 is 21.1 Å². The van der Waals surface area contributed by atoms with Crippen molar-refractivity contribution in [2.45, 2.75) is 49.4 Å².